The van der Waals surface area contributed by atoms with Gasteiger partial charge in [0.1, 0.15) is 0 Å². The van der Waals surface area contributed by atoms with E-state index in [9.17, 15) is 13.2 Å². The van der Waals surface area contributed by atoms with Crippen LogP contribution >= 0.6 is 0 Å². The van der Waals surface area contributed by atoms with Gasteiger partial charge in [0.05, 0.1) is 24.1 Å². The molecule has 7 heteroatoms. The zero-order chi connectivity index (χ0) is 17.7. The normalized spacial score (nSPS) is 12.8. The molecular weight excluding hydrogens is 326 g/mol. The molecule has 1 aromatic heterocycles. The number of sulfone groups is 1. The van der Waals surface area contributed by atoms with Crippen molar-refractivity contribution >= 4 is 15.7 Å². The standard InChI is InChI=1S/C17H23N3O3S/c1-4-24(22,23)13-14(2)19(3)17(21)16-10-18-20(12-16)11-15-8-6-5-7-9-15/h5-10,12,14H,4,11,13H2,1-3H3/t14-/m1/s1. The largest absolute Gasteiger partial charge is 0.338 e. The molecule has 0 saturated carbocycles. The molecule has 6 nitrogen and oxygen atoms in total. The fraction of sp³-hybridized carbons (Fsp3) is 0.412. The Morgan fingerprint density at radius 1 is 1.29 bits per heavy atom. The summed E-state index contributed by atoms with van der Waals surface area (Å²) in [5, 5.41) is 4.22. The summed E-state index contributed by atoms with van der Waals surface area (Å²) in [7, 11) is -1.51. The van der Waals surface area contributed by atoms with Gasteiger partial charge >= 0.3 is 0 Å². The summed E-state index contributed by atoms with van der Waals surface area (Å²) < 4.78 is 25.2. The van der Waals surface area contributed by atoms with Gasteiger partial charge in [0.15, 0.2) is 9.84 Å². The van der Waals surface area contributed by atoms with Crippen LogP contribution < -0.4 is 0 Å². The molecular formula is C17H23N3O3S. The van der Waals surface area contributed by atoms with Gasteiger partial charge in [-0.3, -0.25) is 9.48 Å². The van der Waals surface area contributed by atoms with Crippen LogP contribution in [0.25, 0.3) is 0 Å². The molecule has 2 rings (SSSR count). The minimum atomic E-state index is -3.13. The first-order chi connectivity index (χ1) is 11.3. The van der Waals surface area contributed by atoms with Gasteiger partial charge < -0.3 is 4.90 Å². The van der Waals surface area contributed by atoms with Crippen LogP contribution in [0.4, 0.5) is 0 Å². The summed E-state index contributed by atoms with van der Waals surface area (Å²) in [6.45, 7) is 3.93. The van der Waals surface area contributed by atoms with E-state index in [-0.39, 0.29) is 23.5 Å². The number of hydrogen-bond donors (Lipinski definition) is 0. The first-order valence-electron chi connectivity index (χ1n) is 7.86. The predicted molar refractivity (Wildman–Crippen MR) is 93.7 cm³/mol. The zero-order valence-electron chi connectivity index (χ0n) is 14.2. The fourth-order valence-corrected chi connectivity index (χ4v) is 3.53. The molecule has 0 spiro atoms. The number of nitrogens with zero attached hydrogens (tertiary/aromatic N) is 3. The Morgan fingerprint density at radius 3 is 2.58 bits per heavy atom. The molecule has 0 aliphatic heterocycles. The third-order valence-corrected chi connectivity index (χ3v) is 5.85. The lowest BCUT2D eigenvalue weighted by Crippen LogP contribution is -2.39. The third kappa shape index (κ3) is 4.67. The molecule has 130 valence electrons. The Kier molecular flexibility index (Phi) is 5.77. The van der Waals surface area contributed by atoms with E-state index in [2.05, 4.69) is 5.10 Å². The molecule has 0 fully saturated rings. The topological polar surface area (TPSA) is 72.3 Å². The zero-order valence-corrected chi connectivity index (χ0v) is 15.0. The van der Waals surface area contributed by atoms with Crippen LogP contribution in [-0.2, 0) is 16.4 Å². The van der Waals surface area contributed by atoms with Crippen molar-refractivity contribution in [3.05, 3.63) is 53.9 Å². The molecule has 0 radical (unpaired) electrons. The molecule has 0 unspecified atom stereocenters. The number of benzene rings is 1. The van der Waals surface area contributed by atoms with Crippen LogP contribution in [0, 0.1) is 0 Å². The second-order valence-electron chi connectivity index (χ2n) is 5.88. The minimum absolute atomic E-state index is 0.0378. The van der Waals surface area contributed by atoms with E-state index in [4.69, 9.17) is 0 Å². The van der Waals surface area contributed by atoms with Crippen LogP contribution in [-0.4, -0.2) is 53.6 Å². The smallest absolute Gasteiger partial charge is 0.257 e. The van der Waals surface area contributed by atoms with Crippen LogP contribution in [0.15, 0.2) is 42.7 Å². The predicted octanol–water partition coefficient (Wildman–Crippen LogP) is 1.83. The van der Waals surface area contributed by atoms with Gasteiger partial charge in [0, 0.05) is 25.0 Å². The van der Waals surface area contributed by atoms with Crippen LogP contribution in [0.2, 0.25) is 0 Å². The molecule has 0 N–H and O–H groups in total. The average molecular weight is 349 g/mol. The van der Waals surface area contributed by atoms with Gasteiger partial charge in [-0.05, 0) is 12.5 Å². The van der Waals surface area contributed by atoms with E-state index in [0.29, 0.717) is 12.1 Å². The van der Waals surface area contributed by atoms with Gasteiger partial charge in [-0.1, -0.05) is 37.3 Å². The highest BCUT2D eigenvalue weighted by Crippen LogP contribution is 2.10. The Hall–Kier alpha value is -2.15. The average Bonchev–Trinajstić information content (AvgIpc) is 3.02. The van der Waals surface area contributed by atoms with E-state index in [1.54, 1.807) is 31.8 Å². The van der Waals surface area contributed by atoms with Gasteiger partial charge in [-0.25, -0.2) is 8.42 Å². The summed E-state index contributed by atoms with van der Waals surface area (Å²) in [5.41, 5.74) is 1.55. The SMILES string of the molecule is CCS(=O)(=O)C[C@@H](C)N(C)C(=O)c1cnn(Cc2ccccc2)c1. The fourth-order valence-electron chi connectivity index (χ4n) is 2.33. The van der Waals surface area contributed by atoms with Crippen molar-refractivity contribution in [3.8, 4) is 0 Å². The van der Waals surface area contributed by atoms with E-state index < -0.39 is 9.84 Å². The quantitative estimate of drug-likeness (QED) is 0.764. The first kappa shape index (κ1) is 18.2. The van der Waals surface area contributed by atoms with Crippen molar-refractivity contribution in [2.24, 2.45) is 0 Å². The van der Waals surface area contributed by atoms with Gasteiger partial charge in [-0.15, -0.1) is 0 Å². The van der Waals surface area contributed by atoms with Crippen molar-refractivity contribution < 1.29 is 13.2 Å². The number of hydrogen-bond acceptors (Lipinski definition) is 4. The monoisotopic (exact) mass is 349 g/mol. The Labute approximate surface area is 143 Å². The molecule has 24 heavy (non-hydrogen) atoms. The lowest BCUT2D eigenvalue weighted by molar-refractivity contribution is 0.0756. The number of amides is 1. The van der Waals surface area contributed by atoms with Crippen LogP contribution in [0.5, 0.6) is 0 Å². The molecule has 1 aromatic carbocycles. The number of rotatable bonds is 7. The maximum Gasteiger partial charge on any atom is 0.257 e. The number of carbonyl (C=O) groups is 1. The Balaban J connectivity index is 2.04. The molecule has 2 aromatic rings. The summed E-state index contributed by atoms with van der Waals surface area (Å²) in [6.07, 6.45) is 3.20. The van der Waals surface area contributed by atoms with E-state index >= 15 is 0 Å². The molecule has 0 bridgehead atoms. The molecule has 1 heterocycles. The van der Waals surface area contributed by atoms with Gasteiger partial charge in [0.2, 0.25) is 0 Å². The summed E-state index contributed by atoms with van der Waals surface area (Å²) in [5.74, 6) is -0.189. The maximum atomic E-state index is 12.5. The van der Waals surface area contributed by atoms with Crippen LogP contribution in [0.3, 0.4) is 0 Å². The second-order valence-corrected chi connectivity index (χ2v) is 8.27. The van der Waals surface area contributed by atoms with Gasteiger partial charge in [0.25, 0.3) is 5.91 Å². The Bertz CT molecular complexity index is 784. The van der Waals surface area contributed by atoms with Crippen molar-refractivity contribution in [1.29, 1.82) is 0 Å². The number of aromatic nitrogens is 2. The highest BCUT2D eigenvalue weighted by molar-refractivity contribution is 7.91. The molecule has 1 amide bonds. The molecule has 0 aliphatic carbocycles. The first-order valence-corrected chi connectivity index (χ1v) is 9.68. The van der Waals surface area contributed by atoms with Crippen molar-refractivity contribution in [3.63, 3.8) is 0 Å². The van der Waals surface area contributed by atoms with Crippen molar-refractivity contribution in [1.82, 2.24) is 14.7 Å². The lowest BCUT2D eigenvalue weighted by atomic mass is 10.2. The molecule has 0 saturated heterocycles. The van der Waals surface area contributed by atoms with E-state index in [1.807, 2.05) is 30.3 Å². The number of carbonyl (C=O) groups excluding carboxylic acids is 1. The summed E-state index contributed by atoms with van der Waals surface area (Å²) in [4.78, 5) is 14.0. The minimum Gasteiger partial charge on any atom is -0.338 e. The summed E-state index contributed by atoms with van der Waals surface area (Å²) in [6, 6.07) is 9.45. The Morgan fingerprint density at radius 2 is 1.96 bits per heavy atom. The molecule has 0 aliphatic rings. The van der Waals surface area contributed by atoms with Crippen molar-refractivity contribution in [2.45, 2.75) is 26.4 Å². The summed E-state index contributed by atoms with van der Waals surface area (Å²) >= 11 is 0. The third-order valence-electron chi connectivity index (χ3n) is 3.98. The van der Waals surface area contributed by atoms with E-state index in [0.717, 1.165) is 5.56 Å². The van der Waals surface area contributed by atoms with Crippen LogP contribution in [0.1, 0.15) is 29.8 Å². The van der Waals surface area contributed by atoms with Crippen molar-refractivity contribution in [2.75, 3.05) is 18.6 Å². The highest BCUT2D eigenvalue weighted by atomic mass is 32.2. The second kappa shape index (κ2) is 7.61. The highest BCUT2D eigenvalue weighted by Gasteiger charge is 2.23. The van der Waals surface area contributed by atoms with E-state index in [1.165, 1.54) is 11.1 Å². The molecule has 1 atom stereocenters. The maximum absolute atomic E-state index is 12.5. The lowest BCUT2D eigenvalue weighted by Gasteiger charge is -2.24. The van der Waals surface area contributed by atoms with Gasteiger partial charge in [-0.2, -0.15) is 5.10 Å².